The fraction of sp³-hybridized carbons (Fsp3) is 0.111. The number of hydrogen-bond acceptors (Lipinski definition) is 6. The van der Waals surface area contributed by atoms with E-state index < -0.39 is 11.6 Å². The number of hydrogen-bond donors (Lipinski definition) is 0. The first-order chi connectivity index (χ1) is 11.6. The first-order valence-electron chi connectivity index (χ1n) is 7.09. The maximum atomic E-state index is 12.4. The van der Waals surface area contributed by atoms with Crippen LogP contribution in [-0.2, 0) is 0 Å². The Hall–Kier alpha value is -2.73. The minimum absolute atomic E-state index is 0.290. The SMILES string of the molecule is COc1cc(SC)ccc1C(=O)Oc1ccc2ccc(=O)oc2c1. The number of methoxy groups -OCH3 is 1. The highest BCUT2D eigenvalue weighted by atomic mass is 32.2. The van der Waals surface area contributed by atoms with Crippen LogP contribution in [0, 0.1) is 0 Å². The van der Waals surface area contributed by atoms with E-state index in [1.807, 2.05) is 12.3 Å². The summed E-state index contributed by atoms with van der Waals surface area (Å²) in [6.07, 6.45) is 1.94. The maximum Gasteiger partial charge on any atom is 0.347 e. The van der Waals surface area contributed by atoms with Crippen LogP contribution in [0.25, 0.3) is 11.0 Å². The van der Waals surface area contributed by atoms with Crippen LogP contribution in [-0.4, -0.2) is 19.3 Å². The molecule has 0 N–H and O–H groups in total. The second kappa shape index (κ2) is 6.80. The summed E-state index contributed by atoms with van der Waals surface area (Å²) in [7, 11) is 1.50. The van der Waals surface area contributed by atoms with E-state index in [0.29, 0.717) is 16.9 Å². The molecule has 6 heteroatoms. The van der Waals surface area contributed by atoms with Gasteiger partial charge in [-0.1, -0.05) is 0 Å². The van der Waals surface area contributed by atoms with Gasteiger partial charge in [-0.05, 0) is 42.7 Å². The van der Waals surface area contributed by atoms with Gasteiger partial charge in [0.1, 0.15) is 22.6 Å². The predicted molar refractivity (Wildman–Crippen MR) is 92.2 cm³/mol. The molecule has 2 aromatic carbocycles. The molecular weight excluding hydrogens is 328 g/mol. The lowest BCUT2D eigenvalue weighted by molar-refractivity contribution is 0.0731. The molecule has 3 rings (SSSR count). The Morgan fingerprint density at radius 2 is 1.88 bits per heavy atom. The lowest BCUT2D eigenvalue weighted by atomic mass is 10.2. The average Bonchev–Trinajstić information content (AvgIpc) is 2.60. The zero-order valence-corrected chi connectivity index (χ0v) is 13.9. The molecule has 24 heavy (non-hydrogen) atoms. The van der Waals surface area contributed by atoms with E-state index in [-0.39, 0.29) is 5.75 Å². The van der Waals surface area contributed by atoms with E-state index in [9.17, 15) is 9.59 Å². The van der Waals surface area contributed by atoms with Crippen LogP contribution in [0.1, 0.15) is 10.4 Å². The van der Waals surface area contributed by atoms with Crippen molar-refractivity contribution in [3.8, 4) is 11.5 Å². The van der Waals surface area contributed by atoms with Gasteiger partial charge in [-0.2, -0.15) is 0 Å². The Labute approximate surface area is 142 Å². The van der Waals surface area contributed by atoms with Crippen molar-refractivity contribution in [3.63, 3.8) is 0 Å². The van der Waals surface area contributed by atoms with Crippen molar-refractivity contribution < 1.29 is 18.7 Å². The first kappa shape index (κ1) is 16.1. The number of ether oxygens (including phenoxy) is 2. The van der Waals surface area contributed by atoms with E-state index in [1.54, 1.807) is 42.1 Å². The molecule has 0 amide bonds. The third-order valence-corrected chi connectivity index (χ3v) is 4.16. The summed E-state index contributed by atoms with van der Waals surface area (Å²) in [5.74, 6) is 0.189. The molecule has 122 valence electrons. The van der Waals surface area contributed by atoms with Crippen molar-refractivity contribution in [1.82, 2.24) is 0 Å². The van der Waals surface area contributed by atoms with Gasteiger partial charge in [-0.15, -0.1) is 11.8 Å². The zero-order chi connectivity index (χ0) is 17.1. The maximum absolute atomic E-state index is 12.4. The highest BCUT2D eigenvalue weighted by Gasteiger charge is 2.15. The Morgan fingerprint density at radius 3 is 2.62 bits per heavy atom. The molecule has 5 nitrogen and oxygen atoms in total. The number of thioether (sulfide) groups is 1. The smallest absolute Gasteiger partial charge is 0.347 e. The lowest BCUT2D eigenvalue weighted by Gasteiger charge is -2.10. The minimum atomic E-state index is -0.544. The van der Waals surface area contributed by atoms with Crippen LogP contribution in [0.2, 0.25) is 0 Å². The van der Waals surface area contributed by atoms with Crippen molar-refractivity contribution in [2.45, 2.75) is 4.90 Å². The van der Waals surface area contributed by atoms with Crippen molar-refractivity contribution in [3.05, 3.63) is 64.5 Å². The van der Waals surface area contributed by atoms with Crippen LogP contribution in [0.3, 0.4) is 0 Å². The standard InChI is InChI=1S/C18H14O5S/c1-21-16-10-13(24-2)6-7-14(16)18(20)22-12-5-3-11-4-8-17(19)23-15(11)9-12/h3-10H,1-2H3. The minimum Gasteiger partial charge on any atom is -0.496 e. The second-order valence-electron chi connectivity index (χ2n) is 4.91. The summed E-state index contributed by atoms with van der Waals surface area (Å²) < 4.78 is 15.7. The monoisotopic (exact) mass is 342 g/mol. The highest BCUT2D eigenvalue weighted by molar-refractivity contribution is 7.98. The van der Waals surface area contributed by atoms with Crippen LogP contribution >= 0.6 is 11.8 Å². The van der Waals surface area contributed by atoms with E-state index in [4.69, 9.17) is 13.9 Å². The fourth-order valence-corrected chi connectivity index (χ4v) is 2.66. The number of carbonyl (C=O) groups excluding carboxylic acids is 1. The summed E-state index contributed by atoms with van der Waals surface area (Å²) in [4.78, 5) is 24.7. The van der Waals surface area contributed by atoms with E-state index in [0.717, 1.165) is 10.3 Å². The molecule has 0 spiro atoms. The molecular formula is C18H14O5S. The largest absolute Gasteiger partial charge is 0.496 e. The predicted octanol–water partition coefficient (Wildman–Crippen LogP) is 3.74. The topological polar surface area (TPSA) is 65.7 Å². The third-order valence-electron chi connectivity index (χ3n) is 3.43. The van der Waals surface area contributed by atoms with Crippen LogP contribution in [0.4, 0.5) is 0 Å². The van der Waals surface area contributed by atoms with Gasteiger partial charge in [0.05, 0.1) is 7.11 Å². The normalized spacial score (nSPS) is 10.6. The summed E-state index contributed by atoms with van der Waals surface area (Å²) in [6, 6.07) is 13.1. The van der Waals surface area contributed by atoms with Gasteiger partial charge in [-0.25, -0.2) is 9.59 Å². The molecule has 0 aliphatic carbocycles. The Bertz CT molecular complexity index is 961. The van der Waals surface area contributed by atoms with E-state index >= 15 is 0 Å². The summed E-state index contributed by atoms with van der Waals surface area (Å²) >= 11 is 1.55. The van der Waals surface area contributed by atoms with Gasteiger partial charge < -0.3 is 13.9 Å². The van der Waals surface area contributed by atoms with Crippen molar-refractivity contribution in [2.75, 3.05) is 13.4 Å². The van der Waals surface area contributed by atoms with Gasteiger partial charge in [-0.3, -0.25) is 0 Å². The lowest BCUT2D eigenvalue weighted by Crippen LogP contribution is -2.10. The zero-order valence-electron chi connectivity index (χ0n) is 13.1. The summed E-state index contributed by atoms with van der Waals surface area (Å²) in [5.41, 5.74) is 0.225. The van der Waals surface area contributed by atoms with Gasteiger partial charge in [0.15, 0.2) is 0 Å². The van der Waals surface area contributed by atoms with Crippen LogP contribution in [0.15, 0.2) is 62.6 Å². The van der Waals surface area contributed by atoms with Gasteiger partial charge in [0.25, 0.3) is 0 Å². The summed E-state index contributed by atoms with van der Waals surface area (Å²) in [6.45, 7) is 0. The molecule has 0 aliphatic heterocycles. The molecule has 1 aromatic heterocycles. The molecule has 0 atom stereocenters. The molecule has 0 bridgehead atoms. The molecule has 0 saturated heterocycles. The molecule has 0 radical (unpaired) electrons. The van der Waals surface area contributed by atoms with Crippen molar-refractivity contribution >= 4 is 28.7 Å². The molecule has 0 unspecified atom stereocenters. The number of benzene rings is 2. The van der Waals surface area contributed by atoms with E-state index in [1.165, 1.54) is 19.2 Å². The van der Waals surface area contributed by atoms with Gasteiger partial charge >= 0.3 is 11.6 Å². The molecule has 0 fully saturated rings. The molecule has 0 saturated carbocycles. The van der Waals surface area contributed by atoms with Crippen LogP contribution in [0.5, 0.6) is 11.5 Å². The third kappa shape index (κ3) is 3.28. The summed E-state index contributed by atoms with van der Waals surface area (Å²) in [5, 5.41) is 0.747. The second-order valence-corrected chi connectivity index (χ2v) is 5.79. The number of rotatable bonds is 4. The average molecular weight is 342 g/mol. The van der Waals surface area contributed by atoms with Gasteiger partial charge in [0, 0.05) is 22.4 Å². The molecule has 3 aromatic rings. The van der Waals surface area contributed by atoms with Crippen molar-refractivity contribution in [1.29, 1.82) is 0 Å². The highest BCUT2D eigenvalue weighted by Crippen LogP contribution is 2.27. The number of esters is 1. The Morgan fingerprint density at radius 1 is 1.08 bits per heavy atom. The Kier molecular flexibility index (Phi) is 4.57. The Balaban J connectivity index is 1.90. The number of fused-ring (bicyclic) bond motifs is 1. The van der Waals surface area contributed by atoms with E-state index in [2.05, 4.69) is 0 Å². The fourth-order valence-electron chi connectivity index (χ4n) is 2.23. The molecule has 1 heterocycles. The van der Waals surface area contributed by atoms with Crippen molar-refractivity contribution in [2.24, 2.45) is 0 Å². The van der Waals surface area contributed by atoms with Crippen LogP contribution < -0.4 is 15.1 Å². The molecule has 0 aliphatic rings. The first-order valence-corrected chi connectivity index (χ1v) is 8.31. The number of carbonyl (C=O) groups is 1. The quantitative estimate of drug-likeness (QED) is 0.311. The van der Waals surface area contributed by atoms with Gasteiger partial charge in [0.2, 0.25) is 0 Å².